The van der Waals surface area contributed by atoms with E-state index in [0.29, 0.717) is 6.54 Å². The van der Waals surface area contributed by atoms with Crippen LogP contribution in [0.3, 0.4) is 0 Å². The maximum absolute atomic E-state index is 12.1. The number of quaternary nitrogens is 1. The van der Waals surface area contributed by atoms with E-state index in [2.05, 4.69) is 10.6 Å². The molecule has 0 aliphatic rings. The van der Waals surface area contributed by atoms with Gasteiger partial charge in [-0.2, -0.15) is 0 Å². The molecule has 5 nitrogen and oxygen atoms in total. The van der Waals surface area contributed by atoms with Gasteiger partial charge in [0.2, 0.25) is 0 Å². The van der Waals surface area contributed by atoms with Gasteiger partial charge in [0.25, 0.3) is 11.8 Å². The topological polar surface area (TPSA) is 62.6 Å². The van der Waals surface area contributed by atoms with Gasteiger partial charge in [0.15, 0.2) is 13.1 Å². The van der Waals surface area contributed by atoms with Crippen LogP contribution in [0.15, 0.2) is 18.2 Å². The SMILES string of the molecule is CC[C@H](C)NC(=O)C[NH+](C)CC(=O)Nc1cccc(C)c1C. The van der Waals surface area contributed by atoms with Crippen molar-refractivity contribution in [2.75, 3.05) is 25.5 Å². The zero-order chi connectivity index (χ0) is 16.7. The minimum Gasteiger partial charge on any atom is -0.349 e. The molecule has 0 aromatic heterocycles. The highest BCUT2D eigenvalue weighted by molar-refractivity contribution is 5.92. The third kappa shape index (κ3) is 5.85. The zero-order valence-corrected chi connectivity index (χ0v) is 14.2. The first kappa shape index (κ1) is 18.2. The molecule has 2 atom stereocenters. The van der Waals surface area contributed by atoms with E-state index in [9.17, 15) is 9.59 Å². The monoisotopic (exact) mass is 306 g/mol. The molecule has 0 spiro atoms. The Morgan fingerprint density at radius 2 is 1.82 bits per heavy atom. The van der Waals surface area contributed by atoms with Crippen molar-refractivity contribution in [1.82, 2.24) is 5.32 Å². The summed E-state index contributed by atoms with van der Waals surface area (Å²) >= 11 is 0. The fourth-order valence-corrected chi connectivity index (χ4v) is 2.12. The lowest BCUT2D eigenvalue weighted by molar-refractivity contribution is -0.862. The molecule has 0 heterocycles. The van der Waals surface area contributed by atoms with E-state index in [0.717, 1.165) is 28.1 Å². The van der Waals surface area contributed by atoms with Crippen LogP contribution in [0.5, 0.6) is 0 Å². The lowest BCUT2D eigenvalue weighted by Gasteiger charge is -2.16. The van der Waals surface area contributed by atoms with Crippen molar-refractivity contribution < 1.29 is 14.5 Å². The highest BCUT2D eigenvalue weighted by Crippen LogP contribution is 2.17. The molecule has 0 saturated carbocycles. The molecule has 0 fully saturated rings. The molecule has 3 N–H and O–H groups in total. The first-order valence-electron chi connectivity index (χ1n) is 7.80. The number of benzene rings is 1. The van der Waals surface area contributed by atoms with Crippen molar-refractivity contribution in [2.24, 2.45) is 0 Å². The summed E-state index contributed by atoms with van der Waals surface area (Å²) in [6, 6.07) is 6.00. The second kappa shape index (κ2) is 8.54. The largest absolute Gasteiger partial charge is 0.349 e. The van der Waals surface area contributed by atoms with Crippen molar-refractivity contribution in [2.45, 2.75) is 40.2 Å². The molecule has 0 aliphatic heterocycles. The van der Waals surface area contributed by atoms with Crippen LogP contribution < -0.4 is 15.5 Å². The van der Waals surface area contributed by atoms with Crippen LogP contribution in [0, 0.1) is 13.8 Å². The summed E-state index contributed by atoms with van der Waals surface area (Å²) in [6.45, 7) is 8.56. The number of nitrogens with one attached hydrogen (secondary N) is 3. The van der Waals surface area contributed by atoms with Gasteiger partial charge < -0.3 is 15.5 Å². The van der Waals surface area contributed by atoms with Crippen molar-refractivity contribution in [3.8, 4) is 0 Å². The van der Waals surface area contributed by atoms with E-state index in [1.807, 2.05) is 52.9 Å². The lowest BCUT2D eigenvalue weighted by Crippen LogP contribution is -3.11. The van der Waals surface area contributed by atoms with Gasteiger partial charge in [0.1, 0.15) is 0 Å². The smallest absolute Gasteiger partial charge is 0.279 e. The Labute approximate surface area is 133 Å². The molecule has 1 aromatic rings. The summed E-state index contributed by atoms with van der Waals surface area (Å²) in [5.74, 6) is -0.103. The van der Waals surface area contributed by atoms with Crippen molar-refractivity contribution in [3.63, 3.8) is 0 Å². The number of anilines is 1. The Hall–Kier alpha value is -1.88. The summed E-state index contributed by atoms with van der Waals surface area (Å²) in [5.41, 5.74) is 3.05. The van der Waals surface area contributed by atoms with Gasteiger partial charge >= 0.3 is 0 Å². The third-order valence-corrected chi connectivity index (χ3v) is 3.82. The lowest BCUT2D eigenvalue weighted by atomic mass is 10.1. The molecule has 22 heavy (non-hydrogen) atoms. The normalized spacial score (nSPS) is 13.3. The van der Waals surface area contributed by atoms with E-state index < -0.39 is 0 Å². The predicted octanol–water partition coefficient (Wildman–Crippen LogP) is 0.671. The number of carbonyl (C=O) groups is 2. The van der Waals surface area contributed by atoms with Gasteiger partial charge in [-0.25, -0.2) is 0 Å². The molecule has 0 aliphatic carbocycles. The third-order valence-electron chi connectivity index (χ3n) is 3.82. The maximum atomic E-state index is 12.1. The van der Waals surface area contributed by atoms with Gasteiger partial charge in [-0.15, -0.1) is 0 Å². The summed E-state index contributed by atoms with van der Waals surface area (Å²) < 4.78 is 0. The van der Waals surface area contributed by atoms with Crippen LogP contribution >= 0.6 is 0 Å². The zero-order valence-electron chi connectivity index (χ0n) is 14.2. The molecule has 2 amide bonds. The molecule has 1 aromatic carbocycles. The molecule has 1 rings (SSSR count). The summed E-state index contributed by atoms with van der Waals surface area (Å²) in [5, 5.41) is 5.82. The van der Waals surface area contributed by atoms with Gasteiger partial charge in [-0.1, -0.05) is 19.1 Å². The second-order valence-corrected chi connectivity index (χ2v) is 5.98. The van der Waals surface area contributed by atoms with Gasteiger partial charge in [0, 0.05) is 11.7 Å². The summed E-state index contributed by atoms with van der Waals surface area (Å²) in [6.07, 6.45) is 0.901. The van der Waals surface area contributed by atoms with E-state index in [4.69, 9.17) is 0 Å². The first-order valence-corrected chi connectivity index (χ1v) is 7.80. The molecule has 0 saturated heterocycles. The Morgan fingerprint density at radius 3 is 2.45 bits per heavy atom. The molecule has 122 valence electrons. The van der Waals surface area contributed by atoms with Gasteiger partial charge in [-0.3, -0.25) is 9.59 Å². The summed E-state index contributed by atoms with van der Waals surface area (Å²) in [4.78, 5) is 24.7. The van der Waals surface area contributed by atoms with Gasteiger partial charge in [0.05, 0.1) is 7.05 Å². The minimum atomic E-state index is -0.0810. The number of rotatable bonds is 7. The number of hydrogen-bond donors (Lipinski definition) is 3. The minimum absolute atomic E-state index is 0.0219. The van der Waals surface area contributed by atoms with Crippen LogP contribution in [-0.4, -0.2) is 38.0 Å². The van der Waals surface area contributed by atoms with Crippen LogP contribution in [-0.2, 0) is 9.59 Å². The Kier molecular flexibility index (Phi) is 7.05. The fourth-order valence-electron chi connectivity index (χ4n) is 2.12. The quantitative estimate of drug-likeness (QED) is 0.693. The molecule has 0 bridgehead atoms. The Balaban J connectivity index is 2.47. The number of amides is 2. The predicted molar refractivity (Wildman–Crippen MR) is 89.1 cm³/mol. The summed E-state index contributed by atoms with van der Waals surface area (Å²) in [7, 11) is 1.85. The van der Waals surface area contributed by atoms with Crippen LogP contribution in [0.4, 0.5) is 5.69 Å². The number of aryl methyl sites for hydroxylation is 1. The molecular weight excluding hydrogens is 278 g/mol. The van der Waals surface area contributed by atoms with Gasteiger partial charge in [-0.05, 0) is 44.4 Å². The fraction of sp³-hybridized carbons (Fsp3) is 0.529. The Bertz CT molecular complexity index is 529. The van der Waals surface area contributed by atoms with Crippen LogP contribution in [0.1, 0.15) is 31.4 Å². The Morgan fingerprint density at radius 1 is 1.18 bits per heavy atom. The average Bonchev–Trinajstić information content (AvgIpc) is 2.43. The van der Waals surface area contributed by atoms with E-state index >= 15 is 0 Å². The average molecular weight is 306 g/mol. The molecular formula is C17H28N3O2+. The van der Waals surface area contributed by atoms with E-state index in [-0.39, 0.29) is 24.4 Å². The number of hydrogen-bond acceptors (Lipinski definition) is 2. The van der Waals surface area contributed by atoms with Crippen molar-refractivity contribution >= 4 is 17.5 Å². The molecule has 5 heteroatoms. The molecule has 0 radical (unpaired) electrons. The van der Waals surface area contributed by atoms with Crippen LogP contribution in [0.25, 0.3) is 0 Å². The maximum Gasteiger partial charge on any atom is 0.279 e. The standard InChI is InChI=1S/C17H27N3O2/c1-6-13(3)18-16(21)10-20(5)11-17(22)19-15-9-7-8-12(2)14(15)4/h7-9,13H,6,10-11H2,1-5H3,(H,18,21)(H,19,22)/p+1/t13-/m0/s1. The first-order chi connectivity index (χ1) is 10.3. The number of likely N-dealkylation sites (N-methyl/N-ethyl adjacent to an activating group) is 1. The van der Waals surface area contributed by atoms with Crippen molar-refractivity contribution in [3.05, 3.63) is 29.3 Å². The van der Waals surface area contributed by atoms with Crippen LogP contribution in [0.2, 0.25) is 0 Å². The van der Waals surface area contributed by atoms with E-state index in [1.165, 1.54) is 0 Å². The highest BCUT2D eigenvalue weighted by Gasteiger charge is 2.16. The van der Waals surface area contributed by atoms with E-state index in [1.54, 1.807) is 0 Å². The van der Waals surface area contributed by atoms with Crippen molar-refractivity contribution in [1.29, 1.82) is 0 Å². The highest BCUT2D eigenvalue weighted by atomic mass is 16.2. The molecule has 1 unspecified atom stereocenters. The number of carbonyl (C=O) groups excluding carboxylic acids is 2. The second-order valence-electron chi connectivity index (χ2n) is 5.98.